The molecule has 0 bridgehead atoms. The van der Waals surface area contributed by atoms with Crippen molar-refractivity contribution in [3.63, 3.8) is 0 Å². The number of hydrogen-bond donors (Lipinski definition) is 2. The summed E-state index contributed by atoms with van der Waals surface area (Å²) in [6, 6.07) is 23.5. The van der Waals surface area contributed by atoms with Crippen LogP contribution in [0.15, 0.2) is 78.9 Å². The lowest BCUT2D eigenvalue weighted by Crippen LogP contribution is -2.29. The number of aromatic nitrogens is 1. The van der Waals surface area contributed by atoms with Crippen LogP contribution in [-0.4, -0.2) is 29.4 Å². The molecule has 3 aromatic carbocycles. The summed E-state index contributed by atoms with van der Waals surface area (Å²) in [5.74, 6) is -2.76. The summed E-state index contributed by atoms with van der Waals surface area (Å²) in [5, 5.41) is 0.836. The van der Waals surface area contributed by atoms with E-state index in [1.54, 1.807) is 6.07 Å². The standard InChI is InChI=1S/C28H25FN2O3/c29-19-11-12-20-21(13-14-30)26(31-22(20)16-19)24(18-9-5-2-6-10-18)25-27(32)23(34-28(25)33)15-17-7-3-1-4-8-17/h1-12,16,23-25,31H,13-15,30H2. The van der Waals surface area contributed by atoms with Crippen LogP contribution < -0.4 is 5.73 Å². The number of carbonyl (C=O) groups excluding carboxylic acids is 2. The van der Waals surface area contributed by atoms with E-state index in [1.165, 1.54) is 12.1 Å². The maximum Gasteiger partial charge on any atom is 0.318 e. The van der Waals surface area contributed by atoms with Gasteiger partial charge in [-0.25, -0.2) is 4.39 Å². The summed E-state index contributed by atoms with van der Waals surface area (Å²) in [7, 11) is 0. The molecule has 2 heterocycles. The van der Waals surface area contributed by atoms with Gasteiger partial charge in [0.1, 0.15) is 11.7 Å². The summed E-state index contributed by atoms with van der Waals surface area (Å²) >= 11 is 0. The van der Waals surface area contributed by atoms with Crippen molar-refractivity contribution in [3.05, 3.63) is 107 Å². The Bertz CT molecular complexity index is 1330. The Morgan fingerprint density at radius 3 is 2.38 bits per heavy atom. The van der Waals surface area contributed by atoms with Crippen LogP contribution in [0.4, 0.5) is 4.39 Å². The maximum atomic E-state index is 14.0. The lowest BCUT2D eigenvalue weighted by Gasteiger charge is -2.21. The molecule has 1 fully saturated rings. The number of rotatable bonds is 7. The van der Waals surface area contributed by atoms with Gasteiger partial charge in [0, 0.05) is 28.9 Å². The van der Waals surface area contributed by atoms with Crippen molar-refractivity contribution in [1.82, 2.24) is 4.98 Å². The van der Waals surface area contributed by atoms with Crippen molar-refractivity contribution in [2.45, 2.75) is 24.9 Å². The molecule has 1 aliphatic rings. The van der Waals surface area contributed by atoms with Gasteiger partial charge in [-0.2, -0.15) is 0 Å². The summed E-state index contributed by atoms with van der Waals surface area (Å²) in [6.45, 7) is 0.374. The number of nitrogens with two attached hydrogens (primary N) is 1. The smallest absolute Gasteiger partial charge is 0.318 e. The van der Waals surface area contributed by atoms with E-state index >= 15 is 0 Å². The molecule has 4 aromatic rings. The third-order valence-electron chi connectivity index (χ3n) is 6.50. The van der Waals surface area contributed by atoms with E-state index in [0.717, 1.165) is 22.1 Å². The maximum absolute atomic E-state index is 14.0. The molecule has 0 spiro atoms. The number of cyclic esters (lactones) is 1. The second-order valence-corrected chi connectivity index (χ2v) is 8.63. The van der Waals surface area contributed by atoms with Crippen LogP contribution in [0, 0.1) is 11.7 Å². The van der Waals surface area contributed by atoms with Gasteiger partial charge in [-0.1, -0.05) is 60.7 Å². The van der Waals surface area contributed by atoms with Gasteiger partial charge in [0.25, 0.3) is 0 Å². The number of H-pyrrole nitrogens is 1. The predicted octanol–water partition coefficient (Wildman–Crippen LogP) is 4.29. The molecule has 3 unspecified atom stereocenters. The van der Waals surface area contributed by atoms with Gasteiger partial charge in [-0.05, 0) is 47.9 Å². The Labute approximate surface area is 196 Å². The molecule has 0 aliphatic carbocycles. The van der Waals surface area contributed by atoms with Crippen molar-refractivity contribution in [2.24, 2.45) is 11.7 Å². The molecule has 3 atom stereocenters. The molecule has 34 heavy (non-hydrogen) atoms. The fraction of sp³-hybridized carbons (Fsp3) is 0.214. The Kier molecular flexibility index (Phi) is 5.99. The highest BCUT2D eigenvalue weighted by atomic mass is 19.1. The van der Waals surface area contributed by atoms with Crippen molar-refractivity contribution in [2.75, 3.05) is 6.54 Å². The Morgan fingerprint density at radius 1 is 0.971 bits per heavy atom. The number of Topliss-reactive ketones (excluding diaryl/α,β-unsaturated/α-hetero) is 1. The van der Waals surface area contributed by atoms with Crippen molar-refractivity contribution < 1.29 is 18.7 Å². The zero-order chi connectivity index (χ0) is 23.7. The Balaban J connectivity index is 1.61. The lowest BCUT2D eigenvalue weighted by molar-refractivity contribution is -0.144. The van der Waals surface area contributed by atoms with Crippen LogP contribution in [0.1, 0.15) is 28.3 Å². The zero-order valence-corrected chi connectivity index (χ0v) is 18.5. The van der Waals surface area contributed by atoms with Gasteiger partial charge < -0.3 is 15.5 Å². The van der Waals surface area contributed by atoms with Crippen molar-refractivity contribution >= 4 is 22.7 Å². The van der Waals surface area contributed by atoms with Crippen LogP contribution in [0.3, 0.4) is 0 Å². The van der Waals surface area contributed by atoms with E-state index < -0.39 is 23.9 Å². The molecule has 172 valence electrons. The van der Waals surface area contributed by atoms with Crippen molar-refractivity contribution in [3.8, 4) is 0 Å². The highest BCUT2D eigenvalue weighted by molar-refractivity contribution is 6.08. The van der Waals surface area contributed by atoms with Gasteiger partial charge >= 0.3 is 5.97 Å². The van der Waals surface area contributed by atoms with Crippen LogP contribution in [0.5, 0.6) is 0 Å². The number of ether oxygens (including phenoxy) is 1. The summed E-state index contributed by atoms with van der Waals surface area (Å²) in [4.78, 5) is 30.1. The first-order valence-electron chi connectivity index (χ1n) is 11.4. The fourth-order valence-electron chi connectivity index (χ4n) is 4.97. The van der Waals surface area contributed by atoms with E-state index in [4.69, 9.17) is 10.5 Å². The molecule has 1 aromatic heterocycles. The van der Waals surface area contributed by atoms with E-state index in [9.17, 15) is 14.0 Å². The second-order valence-electron chi connectivity index (χ2n) is 8.63. The van der Waals surface area contributed by atoms with E-state index in [1.807, 2.05) is 60.7 Å². The molecule has 1 saturated heterocycles. The molecule has 6 heteroatoms. The number of fused-ring (bicyclic) bond motifs is 1. The topological polar surface area (TPSA) is 85.2 Å². The third-order valence-corrected chi connectivity index (χ3v) is 6.50. The van der Waals surface area contributed by atoms with Gasteiger partial charge in [-0.15, -0.1) is 0 Å². The first kappa shape index (κ1) is 22.0. The van der Waals surface area contributed by atoms with Crippen LogP contribution in [-0.2, 0) is 27.2 Å². The van der Waals surface area contributed by atoms with Gasteiger partial charge in [0.2, 0.25) is 0 Å². The SMILES string of the molecule is NCCc1c(C(c2ccccc2)C2C(=O)OC(Cc3ccccc3)C2=O)[nH]c2cc(F)ccc12. The molecule has 1 aliphatic heterocycles. The summed E-state index contributed by atoms with van der Waals surface area (Å²) in [5.41, 5.74) is 9.85. The average Bonchev–Trinajstić information content (AvgIpc) is 3.32. The van der Waals surface area contributed by atoms with E-state index in [-0.39, 0.29) is 11.6 Å². The number of esters is 1. The third kappa shape index (κ3) is 4.01. The highest BCUT2D eigenvalue weighted by Gasteiger charge is 2.49. The fourth-order valence-corrected chi connectivity index (χ4v) is 4.97. The highest BCUT2D eigenvalue weighted by Crippen LogP contribution is 2.41. The molecule has 0 amide bonds. The van der Waals surface area contributed by atoms with E-state index in [0.29, 0.717) is 30.6 Å². The molecule has 0 saturated carbocycles. The summed E-state index contributed by atoms with van der Waals surface area (Å²) in [6.07, 6.45) is 0.0101. The van der Waals surface area contributed by atoms with Crippen molar-refractivity contribution in [1.29, 1.82) is 0 Å². The number of hydrogen-bond acceptors (Lipinski definition) is 4. The number of benzene rings is 3. The molecule has 5 nitrogen and oxygen atoms in total. The zero-order valence-electron chi connectivity index (χ0n) is 18.5. The minimum absolute atomic E-state index is 0.244. The minimum Gasteiger partial charge on any atom is -0.453 e. The molecular formula is C28H25FN2O3. The number of ketones is 1. The molecule has 0 radical (unpaired) electrons. The quantitative estimate of drug-likeness (QED) is 0.321. The largest absolute Gasteiger partial charge is 0.453 e. The van der Waals surface area contributed by atoms with Crippen LogP contribution >= 0.6 is 0 Å². The van der Waals surface area contributed by atoms with Crippen LogP contribution in [0.25, 0.3) is 10.9 Å². The average molecular weight is 457 g/mol. The van der Waals surface area contributed by atoms with Gasteiger partial charge in [0.05, 0.1) is 0 Å². The minimum atomic E-state index is -1.01. The summed E-state index contributed by atoms with van der Waals surface area (Å²) < 4.78 is 19.6. The molecular weight excluding hydrogens is 431 g/mol. The number of nitrogens with one attached hydrogen (secondary N) is 1. The van der Waals surface area contributed by atoms with Gasteiger partial charge in [0.15, 0.2) is 11.9 Å². The molecule has 3 N–H and O–H groups in total. The number of carbonyl (C=O) groups is 2. The predicted molar refractivity (Wildman–Crippen MR) is 128 cm³/mol. The second kappa shape index (κ2) is 9.23. The Hall–Kier alpha value is -3.77. The first-order valence-corrected chi connectivity index (χ1v) is 11.4. The number of aromatic amines is 1. The lowest BCUT2D eigenvalue weighted by atomic mass is 9.79. The Morgan fingerprint density at radius 2 is 1.68 bits per heavy atom. The van der Waals surface area contributed by atoms with E-state index in [2.05, 4.69) is 4.98 Å². The normalized spacial score (nSPS) is 18.9. The number of halogens is 1. The van der Waals surface area contributed by atoms with Crippen LogP contribution in [0.2, 0.25) is 0 Å². The van der Waals surface area contributed by atoms with Gasteiger partial charge in [-0.3, -0.25) is 9.59 Å². The first-order chi connectivity index (χ1) is 16.6. The monoisotopic (exact) mass is 456 g/mol. The molecule has 5 rings (SSSR count).